The number of carbonyl (C=O) groups is 6. The first-order valence-electron chi connectivity index (χ1n) is 11.0. The summed E-state index contributed by atoms with van der Waals surface area (Å²) in [5, 5.41) is 4.81. The zero-order chi connectivity index (χ0) is 28.2. The van der Waals surface area contributed by atoms with Crippen molar-refractivity contribution < 1.29 is 47.7 Å². The van der Waals surface area contributed by atoms with Crippen LogP contribution in [0.5, 0.6) is 0 Å². The molecule has 0 aliphatic heterocycles. The van der Waals surface area contributed by atoms with Gasteiger partial charge in [-0.15, -0.1) is 0 Å². The summed E-state index contributed by atoms with van der Waals surface area (Å²) in [6.07, 6.45) is 1.76. The molecule has 2 N–H and O–H groups in total. The molecule has 0 radical (unpaired) electrons. The fraction of sp³-hybridized carbons (Fsp3) is 0.333. The van der Waals surface area contributed by atoms with Crippen LogP contribution in [0.1, 0.15) is 33.6 Å². The minimum Gasteiger partial charge on any atom is -0.469 e. The minimum atomic E-state index is -1.28. The average molecular weight is 530 g/mol. The molecular weight excluding hydrogens is 504 g/mol. The van der Waals surface area contributed by atoms with Gasteiger partial charge in [0.2, 0.25) is 0 Å². The van der Waals surface area contributed by atoms with Crippen LogP contribution in [0, 0.1) is 0 Å². The molecule has 0 aromatic carbocycles. The van der Waals surface area contributed by atoms with Crippen LogP contribution < -0.4 is 10.6 Å². The maximum absolute atomic E-state index is 12.8. The van der Waals surface area contributed by atoms with E-state index in [2.05, 4.69) is 39.5 Å². The topological polar surface area (TPSA) is 189 Å². The van der Waals surface area contributed by atoms with Gasteiger partial charge in [-0.25, -0.2) is 9.59 Å². The quantitative estimate of drug-likeness (QED) is 0.288. The first-order chi connectivity index (χ1) is 18.1. The molecule has 14 heteroatoms. The largest absolute Gasteiger partial charge is 0.469 e. The van der Waals surface area contributed by atoms with Crippen molar-refractivity contribution in [1.29, 1.82) is 0 Å². The van der Waals surface area contributed by atoms with E-state index in [-0.39, 0.29) is 22.5 Å². The highest BCUT2D eigenvalue weighted by Crippen LogP contribution is 2.17. The van der Waals surface area contributed by atoms with Crippen molar-refractivity contribution in [2.24, 2.45) is 0 Å². The van der Waals surface area contributed by atoms with Crippen LogP contribution in [-0.4, -0.2) is 86.2 Å². The number of carbonyl (C=O) groups excluding carboxylic acids is 6. The fourth-order valence-electron chi connectivity index (χ4n) is 3.08. The maximum Gasteiger partial charge on any atom is 0.328 e. The first-order valence-corrected chi connectivity index (χ1v) is 11.0. The average Bonchev–Trinajstić information content (AvgIpc) is 2.95. The first kappa shape index (κ1) is 29.4. The highest BCUT2D eigenvalue weighted by molar-refractivity contribution is 5.99. The molecule has 2 aromatic rings. The molecule has 0 saturated carbocycles. The Morgan fingerprint density at radius 2 is 1.03 bits per heavy atom. The second-order valence-corrected chi connectivity index (χ2v) is 7.52. The van der Waals surface area contributed by atoms with E-state index >= 15 is 0 Å². The number of ether oxygens (including phenoxy) is 4. The molecule has 202 valence electrons. The molecular formula is C24H26N4O10. The van der Waals surface area contributed by atoms with Gasteiger partial charge in [-0.1, -0.05) is 0 Å². The highest BCUT2D eigenvalue weighted by atomic mass is 16.5. The Morgan fingerprint density at radius 1 is 0.658 bits per heavy atom. The summed E-state index contributed by atoms with van der Waals surface area (Å²) in [6, 6.07) is 2.90. The molecule has 2 amide bonds. The maximum atomic E-state index is 12.8. The van der Waals surface area contributed by atoms with E-state index in [0.717, 1.165) is 28.4 Å². The lowest BCUT2D eigenvalue weighted by molar-refractivity contribution is -0.149. The Labute approximate surface area is 217 Å². The molecule has 0 bridgehead atoms. The van der Waals surface area contributed by atoms with Crippen LogP contribution in [0.3, 0.4) is 0 Å². The van der Waals surface area contributed by atoms with Crippen molar-refractivity contribution in [3.63, 3.8) is 0 Å². The summed E-state index contributed by atoms with van der Waals surface area (Å²) >= 11 is 0. The second-order valence-electron chi connectivity index (χ2n) is 7.52. The van der Waals surface area contributed by atoms with E-state index in [0.29, 0.717) is 0 Å². The van der Waals surface area contributed by atoms with Gasteiger partial charge in [0.15, 0.2) is 0 Å². The van der Waals surface area contributed by atoms with Crippen molar-refractivity contribution in [3.05, 3.63) is 47.8 Å². The van der Waals surface area contributed by atoms with Gasteiger partial charge in [0.1, 0.15) is 12.1 Å². The monoisotopic (exact) mass is 530 g/mol. The van der Waals surface area contributed by atoms with Gasteiger partial charge in [-0.3, -0.25) is 29.1 Å². The Balaban J connectivity index is 2.25. The minimum absolute atomic E-state index is 0.0780. The van der Waals surface area contributed by atoms with Crippen molar-refractivity contribution in [3.8, 4) is 11.4 Å². The van der Waals surface area contributed by atoms with Gasteiger partial charge in [-0.05, 0) is 24.3 Å². The Morgan fingerprint density at radius 3 is 1.34 bits per heavy atom. The summed E-state index contributed by atoms with van der Waals surface area (Å²) in [5.41, 5.74) is 0.562. The Hall–Kier alpha value is -4.88. The molecule has 38 heavy (non-hydrogen) atoms. The number of amides is 2. The van der Waals surface area contributed by atoms with Crippen molar-refractivity contribution in [2.75, 3.05) is 28.4 Å². The van der Waals surface area contributed by atoms with Gasteiger partial charge in [-0.2, -0.15) is 0 Å². The van der Waals surface area contributed by atoms with Gasteiger partial charge < -0.3 is 29.6 Å². The molecule has 2 unspecified atom stereocenters. The second kappa shape index (κ2) is 14.0. The Kier molecular flexibility index (Phi) is 10.8. The SMILES string of the molecule is COC(=O)CC(NC(=O)c1ccnc(-c2cc(C(=O)NC(CC(=O)OC)C(=O)OC)ccn2)c1)C(=O)OC. The third-order valence-electron chi connectivity index (χ3n) is 5.09. The third kappa shape index (κ3) is 8.08. The third-order valence-corrected chi connectivity index (χ3v) is 5.09. The summed E-state index contributed by atoms with van der Waals surface area (Å²) in [6.45, 7) is 0. The van der Waals surface area contributed by atoms with E-state index in [1.54, 1.807) is 0 Å². The molecule has 2 atom stereocenters. The van der Waals surface area contributed by atoms with Gasteiger partial charge >= 0.3 is 23.9 Å². The molecule has 0 aliphatic carbocycles. The number of nitrogens with zero attached hydrogens (tertiary/aromatic N) is 2. The van der Waals surface area contributed by atoms with Crippen molar-refractivity contribution in [2.45, 2.75) is 24.9 Å². The van der Waals surface area contributed by atoms with E-state index in [9.17, 15) is 28.8 Å². The van der Waals surface area contributed by atoms with Gasteiger partial charge in [0.25, 0.3) is 11.8 Å². The summed E-state index contributed by atoms with van der Waals surface area (Å²) in [4.78, 5) is 81.0. The van der Waals surface area contributed by atoms with E-state index < -0.39 is 60.6 Å². The number of aromatic nitrogens is 2. The van der Waals surface area contributed by atoms with Crippen LogP contribution in [0.4, 0.5) is 0 Å². The number of rotatable bonds is 11. The summed E-state index contributed by atoms with van der Waals surface area (Å²) < 4.78 is 18.3. The van der Waals surface area contributed by atoms with Gasteiger partial charge in [0.05, 0.1) is 52.7 Å². The smallest absolute Gasteiger partial charge is 0.328 e. The number of pyridine rings is 2. The van der Waals surface area contributed by atoms with E-state index in [4.69, 9.17) is 0 Å². The Bertz CT molecular complexity index is 1120. The predicted octanol–water partition coefficient (Wildman–Crippen LogP) is -0.187. The molecule has 0 aliphatic rings. The predicted molar refractivity (Wildman–Crippen MR) is 127 cm³/mol. The fourth-order valence-corrected chi connectivity index (χ4v) is 3.08. The number of esters is 4. The number of methoxy groups -OCH3 is 4. The zero-order valence-electron chi connectivity index (χ0n) is 21.0. The van der Waals surface area contributed by atoms with Crippen LogP contribution >= 0.6 is 0 Å². The number of hydrogen-bond acceptors (Lipinski definition) is 12. The van der Waals surface area contributed by atoms with Crippen LogP contribution in [-0.2, 0) is 38.1 Å². The van der Waals surface area contributed by atoms with E-state index in [1.165, 1.54) is 36.7 Å². The highest BCUT2D eigenvalue weighted by Gasteiger charge is 2.27. The molecule has 2 heterocycles. The molecule has 0 fully saturated rings. The normalized spacial score (nSPS) is 11.8. The summed E-state index contributed by atoms with van der Waals surface area (Å²) in [5.74, 6) is -4.53. The van der Waals surface area contributed by atoms with Crippen LogP contribution in [0.2, 0.25) is 0 Å². The molecule has 0 spiro atoms. The molecule has 14 nitrogen and oxygen atoms in total. The lowest BCUT2D eigenvalue weighted by atomic mass is 10.1. The standard InChI is InChI=1S/C24H26N4O10/c1-35-19(29)11-17(23(33)37-3)27-21(31)13-5-7-25-15(9-13)16-10-14(6-8-26-16)22(32)28-18(24(34)38-4)12-20(30)36-2/h5-10,17-18H,11-12H2,1-4H3,(H,27,31)(H,28,32). The number of hydrogen-bond donors (Lipinski definition) is 2. The van der Waals surface area contributed by atoms with Gasteiger partial charge in [0, 0.05) is 23.5 Å². The lowest BCUT2D eigenvalue weighted by Gasteiger charge is -2.16. The zero-order valence-corrected chi connectivity index (χ0v) is 21.0. The molecule has 2 aromatic heterocycles. The molecule has 0 saturated heterocycles. The number of nitrogens with one attached hydrogen (secondary N) is 2. The van der Waals surface area contributed by atoms with Crippen LogP contribution in [0.25, 0.3) is 11.4 Å². The van der Waals surface area contributed by atoms with Crippen molar-refractivity contribution >= 4 is 35.7 Å². The summed E-state index contributed by atoms with van der Waals surface area (Å²) in [7, 11) is 4.51. The lowest BCUT2D eigenvalue weighted by Crippen LogP contribution is -2.43. The van der Waals surface area contributed by atoms with Crippen LogP contribution in [0.15, 0.2) is 36.7 Å². The van der Waals surface area contributed by atoms with E-state index in [1.807, 2.05) is 0 Å². The molecule has 2 rings (SSSR count). The van der Waals surface area contributed by atoms with Crippen molar-refractivity contribution in [1.82, 2.24) is 20.6 Å².